The van der Waals surface area contributed by atoms with Gasteiger partial charge in [0, 0.05) is 22.0 Å². The third kappa shape index (κ3) is 1.43. The van der Waals surface area contributed by atoms with Gasteiger partial charge in [0.15, 0.2) is 6.29 Å². The van der Waals surface area contributed by atoms with E-state index in [-0.39, 0.29) is 0 Å². The van der Waals surface area contributed by atoms with E-state index in [0.29, 0.717) is 6.61 Å². The van der Waals surface area contributed by atoms with E-state index >= 15 is 0 Å². The van der Waals surface area contributed by atoms with Gasteiger partial charge >= 0.3 is 0 Å². The number of nitrogens with zero attached hydrogens (tertiary/aromatic N) is 1. The Balaban J connectivity index is 2.18. The molecule has 0 atom stereocenters. The van der Waals surface area contributed by atoms with E-state index in [1.807, 2.05) is 42.5 Å². The first-order chi connectivity index (χ1) is 9.90. The summed E-state index contributed by atoms with van der Waals surface area (Å²) in [5, 5.41) is 1.01. The lowest BCUT2D eigenvalue weighted by Crippen LogP contribution is -2.05. The first-order valence-corrected chi connectivity index (χ1v) is 6.69. The van der Waals surface area contributed by atoms with Crippen LogP contribution in [0.4, 0.5) is 0 Å². The van der Waals surface area contributed by atoms with Gasteiger partial charge in [0.1, 0.15) is 12.4 Å². The molecule has 2 aromatic carbocycles. The third-order valence-corrected chi connectivity index (χ3v) is 3.84. The molecule has 4 rings (SSSR count). The maximum Gasteiger partial charge on any atom is 0.152 e. The quantitative estimate of drug-likeness (QED) is 0.629. The molecule has 20 heavy (non-hydrogen) atoms. The molecule has 3 aromatic rings. The molecule has 0 amide bonds. The number of hydrogen-bond acceptors (Lipinski definition) is 2. The number of aromatic nitrogens is 1. The number of carbonyl (C=O) groups is 1. The summed E-state index contributed by atoms with van der Waals surface area (Å²) in [6.45, 7) is 1.36. The summed E-state index contributed by atoms with van der Waals surface area (Å²) in [4.78, 5) is 11.6. The summed E-state index contributed by atoms with van der Waals surface area (Å²) < 4.78 is 7.99. The van der Waals surface area contributed by atoms with Crippen molar-refractivity contribution in [2.75, 3.05) is 6.61 Å². The number of carbonyl (C=O) groups excluding carboxylic acids is 1. The molecule has 1 aliphatic heterocycles. The lowest BCUT2D eigenvalue weighted by atomic mass is 10.1. The van der Waals surface area contributed by atoms with Crippen molar-refractivity contribution in [1.82, 2.24) is 4.57 Å². The van der Waals surface area contributed by atoms with Gasteiger partial charge in [-0.25, -0.2) is 0 Å². The average molecular weight is 263 g/mol. The minimum atomic E-state index is 0.612. The zero-order valence-electron chi connectivity index (χ0n) is 10.9. The molecule has 98 valence electrons. The Bertz CT molecular complexity index is 817. The number of ether oxygens (including phenoxy) is 1. The maximum absolute atomic E-state index is 11.6. The number of benzene rings is 2. The summed E-state index contributed by atoms with van der Waals surface area (Å²) in [6.07, 6.45) is 0.955. The Labute approximate surface area is 116 Å². The van der Waals surface area contributed by atoms with Crippen LogP contribution >= 0.6 is 0 Å². The maximum atomic E-state index is 11.6. The molecule has 0 radical (unpaired) electrons. The van der Waals surface area contributed by atoms with Crippen LogP contribution in [0.25, 0.3) is 22.2 Å². The van der Waals surface area contributed by atoms with E-state index in [1.165, 1.54) is 0 Å². The second-order valence-electron chi connectivity index (χ2n) is 4.89. The lowest BCUT2D eigenvalue weighted by Gasteiger charge is -2.07. The molecule has 3 nitrogen and oxygen atoms in total. The zero-order valence-corrected chi connectivity index (χ0v) is 10.9. The van der Waals surface area contributed by atoms with Gasteiger partial charge in [-0.3, -0.25) is 4.79 Å². The number of para-hydroxylation sites is 2. The highest BCUT2D eigenvalue weighted by molar-refractivity contribution is 6.05. The molecule has 0 saturated heterocycles. The van der Waals surface area contributed by atoms with Gasteiger partial charge in [0.2, 0.25) is 0 Å². The minimum Gasteiger partial charge on any atom is -0.491 e. The normalized spacial score (nSPS) is 13.2. The molecule has 0 N–H and O–H groups in total. The van der Waals surface area contributed by atoms with Crippen molar-refractivity contribution in [3.63, 3.8) is 0 Å². The van der Waals surface area contributed by atoms with Gasteiger partial charge in [0.05, 0.1) is 12.2 Å². The third-order valence-electron chi connectivity index (χ3n) is 3.84. The standard InChI is InChI=1S/C17H13NO2/c19-11-14-12-5-1-3-7-15(12)18-9-10-20-16-8-4-2-6-13(16)17(14)18/h1-8,11H,9-10H2. The number of hydrogen-bond donors (Lipinski definition) is 0. The number of fused-ring (bicyclic) bond motifs is 5. The van der Waals surface area contributed by atoms with Crippen molar-refractivity contribution in [2.24, 2.45) is 0 Å². The summed E-state index contributed by atoms with van der Waals surface area (Å²) in [5.74, 6) is 0.845. The molecule has 0 fully saturated rings. The molecule has 1 aliphatic rings. The molecule has 0 spiro atoms. The molecular formula is C17H13NO2. The van der Waals surface area contributed by atoms with Crippen LogP contribution in [0.5, 0.6) is 5.75 Å². The predicted octanol–water partition coefficient (Wildman–Crippen LogP) is 3.51. The van der Waals surface area contributed by atoms with Gasteiger partial charge in [0.25, 0.3) is 0 Å². The molecule has 3 heteroatoms. The van der Waals surface area contributed by atoms with E-state index in [9.17, 15) is 4.79 Å². The van der Waals surface area contributed by atoms with Crippen molar-refractivity contribution in [3.05, 3.63) is 54.1 Å². The fraction of sp³-hybridized carbons (Fsp3) is 0.118. The van der Waals surface area contributed by atoms with E-state index in [0.717, 1.165) is 46.3 Å². The highest BCUT2D eigenvalue weighted by Crippen LogP contribution is 2.39. The van der Waals surface area contributed by atoms with Crippen molar-refractivity contribution in [1.29, 1.82) is 0 Å². The predicted molar refractivity (Wildman–Crippen MR) is 78.3 cm³/mol. The highest BCUT2D eigenvalue weighted by atomic mass is 16.5. The first-order valence-electron chi connectivity index (χ1n) is 6.69. The van der Waals surface area contributed by atoms with Crippen LogP contribution in [0.15, 0.2) is 48.5 Å². The zero-order chi connectivity index (χ0) is 13.5. The van der Waals surface area contributed by atoms with E-state index in [1.54, 1.807) is 0 Å². The summed E-state index contributed by atoms with van der Waals surface area (Å²) in [7, 11) is 0. The number of aldehydes is 1. The van der Waals surface area contributed by atoms with Gasteiger partial charge in [-0.1, -0.05) is 30.3 Å². The summed E-state index contributed by atoms with van der Waals surface area (Å²) in [6, 6.07) is 15.9. The smallest absolute Gasteiger partial charge is 0.152 e. The van der Waals surface area contributed by atoms with Gasteiger partial charge < -0.3 is 9.30 Å². The second kappa shape index (κ2) is 4.23. The van der Waals surface area contributed by atoms with Gasteiger partial charge in [-0.2, -0.15) is 0 Å². The van der Waals surface area contributed by atoms with Crippen molar-refractivity contribution < 1.29 is 9.53 Å². The Morgan fingerprint density at radius 2 is 1.85 bits per heavy atom. The number of rotatable bonds is 1. The van der Waals surface area contributed by atoms with Crippen LogP contribution in [0.1, 0.15) is 10.4 Å². The molecule has 0 saturated carbocycles. The average Bonchev–Trinajstić information content (AvgIpc) is 2.69. The summed E-state index contributed by atoms with van der Waals surface area (Å²) >= 11 is 0. The van der Waals surface area contributed by atoms with Crippen LogP contribution in [0.3, 0.4) is 0 Å². The Kier molecular flexibility index (Phi) is 2.39. The van der Waals surface area contributed by atoms with Crippen molar-refractivity contribution in [3.8, 4) is 17.0 Å². The van der Waals surface area contributed by atoms with E-state index in [4.69, 9.17) is 4.74 Å². The topological polar surface area (TPSA) is 31.2 Å². The monoisotopic (exact) mass is 263 g/mol. The van der Waals surface area contributed by atoms with Crippen LogP contribution in [0, 0.1) is 0 Å². The van der Waals surface area contributed by atoms with Crippen molar-refractivity contribution in [2.45, 2.75) is 6.54 Å². The van der Waals surface area contributed by atoms with Crippen LogP contribution in [0.2, 0.25) is 0 Å². The SMILES string of the molecule is O=Cc1c2n(c3ccccc13)CCOc1ccccc1-2. The highest BCUT2D eigenvalue weighted by Gasteiger charge is 2.22. The minimum absolute atomic E-state index is 0.612. The fourth-order valence-corrected chi connectivity index (χ4v) is 3.01. The molecule has 1 aromatic heterocycles. The Morgan fingerprint density at radius 3 is 2.75 bits per heavy atom. The Morgan fingerprint density at radius 1 is 1.05 bits per heavy atom. The van der Waals surface area contributed by atoms with Crippen molar-refractivity contribution >= 4 is 17.2 Å². The largest absolute Gasteiger partial charge is 0.491 e. The summed E-state index contributed by atoms with van der Waals surface area (Å²) in [5.41, 5.74) is 3.79. The fourth-order valence-electron chi connectivity index (χ4n) is 3.01. The van der Waals surface area contributed by atoms with E-state index in [2.05, 4.69) is 10.6 Å². The van der Waals surface area contributed by atoms with Crippen LogP contribution < -0.4 is 4.74 Å². The Hall–Kier alpha value is -2.55. The van der Waals surface area contributed by atoms with Gasteiger partial charge in [-0.15, -0.1) is 0 Å². The van der Waals surface area contributed by atoms with Crippen LogP contribution in [-0.2, 0) is 6.54 Å². The molecule has 2 heterocycles. The molecule has 0 aliphatic carbocycles. The van der Waals surface area contributed by atoms with Crippen LogP contribution in [-0.4, -0.2) is 17.5 Å². The molecule has 0 unspecified atom stereocenters. The second-order valence-corrected chi connectivity index (χ2v) is 4.89. The molecule has 0 bridgehead atoms. The lowest BCUT2D eigenvalue weighted by molar-refractivity contribution is 0.112. The van der Waals surface area contributed by atoms with E-state index < -0.39 is 0 Å². The molecular weight excluding hydrogens is 250 g/mol. The first kappa shape index (κ1) is 11.3. The van der Waals surface area contributed by atoms with Gasteiger partial charge in [-0.05, 0) is 18.2 Å².